The van der Waals surface area contributed by atoms with Crippen molar-refractivity contribution in [2.24, 2.45) is 0 Å². The van der Waals surface area contributed by atoms with Crippen molar-refractivity contribution in [3.8, 4) is 0 Å². The van der Waals surface area contributed by atoms with Gasteiger partial charge in [0.1, 0.15) is 5.82 Å². The predicted molar refractivity (Wildman–Crippen MR) is 79.6 cm³/mol. The Balaban J connectivity index is 2.08. The molecule has 2 rings (SSSR count). The Bertz CT molecular complexity index is 636. The molecule has 6 heteroatoms. The molecule has 1 aromatic carbocycles. The molecule has 0 spiro atoms. The fourth-order valence-electron chi connectivity index (χ4n) is 2.01. The monoisotopic (exact) mass is 293 g/mol. The standard InChI is InChI=1S/C14H19N3O2S/c1-2-11-20(18,19)13-6-4-3-5-12(13)15-8-7-14-16-9-10-17-14/h3-6,9-10,15H,2,7-8,11H2,1H3,(H,16,17). The van der Waals surface area contributed by atoms with Gasteiger partial charge in [-0.2, -0.15) is 0 Å². The zero-order valence-electron chi connectivity index (χ0n) is 11.5. The summed E-state index contributed by atoms with van der Waals surface area (Å²) in [5, 5.41) is 3.18. The fourth-order valence-corrected chi connectivity index (χ4v) is 3.53. The number of nitrogens with one attached hydrogen (secondary N) is 2. The number of aromatic amines is 1. The second kappa shape index (κ2) is 6.56. The van der Waals surface area contributed by atoms with Crippen molar-refractivity contribution in [3.63, 3.8) is 0 Å². The number of anilines is 1. The zero-order valence-corrected chi connectivity index (χ0v) is 12.3. The lowest BCUT2D eigenvalue weighted by atomic mass is 10.3. The Labute approximate surface area is 119 Å². The lowest BCUT2D eigenvalue weighted by molar-refractivity contribution is 0.595. The van der Waals surface area contributed by atoms with E-state index in [1.54, 1.807) is 30.6 Å². The van der Waals surface area contributed by atoms with Gasteiger partial charge in [-0.15, -0.1) is 0 Å². The van der Waals surface area contributed by atoms with Crippen LogP contribution >= 0.6 is 0 Å². The molecule has 5 nitrogen and oxygen atoms in total. The molecular weight excluding hydrogens is 274 g/mol. The maximum Gasteiger partial charge on any atom is 0.180 e. The first-order chi connectivity index (χ1) is 9.63. The van der Waals surface area contributed by atoms with E-state index in [0.29, 0.717) is 23.5 Å². The molecule has 0 amide bonds. The largest absolute Gasteiger partial charge is 0.384 e. The summed E-state index contributed by atoms with van der Waals surface area (Å²) in [5.74, 6) is 1.05. The van der Waals surface area contributed by atoms with Crippen LogP contribution in [0.25, 0.3) is 0 Å². The van der Waals surface area contributed by atoms with Gasteiger partial charge >= 0.3 is 0 Å². The highest BCUT2D eigenvalue weighted by Crippen LogP contribution is 2.22. The van der Waals surface area contributed by atoms with E-state index in [0.717, 1.165) is 12.2 Å². The molecule has 0 aliphatic rings. The second-order valence-electron chi connectivity index (χ2n) is 4.53. The highest BCUT2D eigenvalue weighted by molar-refractivity contribution is 7.91. The van der Waals surface area contributed by atoms with E-state index in [4.69, 9.17) is 0 Å². The zero-order chi connectivity index (χ0) is 14.4. The van der Waals surface area contributed by atoms with Crippen LogP contribution in [0, 0.1) is 0 Å². The van der Waals surface area contributed by atoms with Gasteiger partial charge in [-0.05, 0) is 18.6 Å². The molecule has 1 heterocycles. The molecule has 1 aromatic heterocycles. The molecule has 0 unspecified atom stereocenters. The van der Waals surface area contributed by atoms with Gasteiger partial charge in [-0.3, -0.25) is 0 Å². The Morgan fingerprint density at radius 2 is 2.10 bits per heavy atom. The van der Waals surface area contributed by atoms with Gasteiger partial charge in [0, 0.05) is 25.4 Å². The fraction of sp³-hybridized carbons (Fsp3) is 0.357. The number of hydrogen-bond donors (Lipinski definition) is 2. The Morgan fingerprint density at radius 1 is 1.30 bits per heavy atom. The van der Waals surface area contributed by atoms with E-state index in [-0.39, 0.29) is 5.75 Å². The number of para-hydroxylation sites is 1. The average molecular weight is 293 g/mol. The number of imidazole rings is 1. The number of sulfone groups is 1. The van der Waals surface area contributed by atoms with Crippen LogP contribution in [0.1, 0.15) is 19.2 Å². The molecule has 108 valence electrons. The average Bonchev–Trinajstić information content (AvgIpc) is 2.92. The van der Waals surface area contributed by atoms with Gasteiger partial charge in [0.2, 0.25) is 0 Å². The summed E-state index contributed by atoms with van der Waals surface area (Å²) in [6.45, 7) is 2.50. The Kier molecular flexibility index (Phi) is 4.79. The second-order valence-corrected chi connectivity index (χ2v) is 6.61. The van der Waals surface area contributed by atoms with Crippen LogP contribution in [0.2, 0.25) is 0 Å². The van der Waals surface area contributed by atoms with Crippen LogP contribution in [0.4, 0.5) is 5.69 Å². The van der Waals surface area contributed by atoms with Crippen LogP contribution in [0.15, 0.2) is 41.6 Å². The normalized spacial score (nSPS) is 11.4. The third-order valence-corrected chi connectivity index (χ3v) is 4.90. The number of H-pyrrole nitrogens is 1. The first-order valence-corrected chi connectivity index (χ1v) is 8.32. The van der Waals surface area contributed by atoms with Crippen molar-refractivity contribution in [1.82, 2.24) is 9.97 Å². The molecule has 0 radical (unpaired) electrons. The van der Waals surface area contributed by atoms with Crippen LogP contribution in [0.3, 0.4) is 0 Å². The minimum atomic E-state index is -3.21. The van der Waals surface area contributed by atoms with Gasteiger partial charge in [0.25, 0.3) is 0 Å². The summed E-state index contributed by atoms with van der Waals surface area (Å²) in [5.41, 5.74) is 0.660. The summed E-state index contributed by atoms with van der Waals surface area (Å²) in [6, 6.07) is 7.03. The number of benzene rings is 1. The van der Waals surface area contributed by atoms with E-state index in [9.17, 15) is 8.42 Å². The Hall–Kier alpha value is -1.82. The molecule has 2 N–H and O–H groups in total. The lowest BCUT2D eigenvalue weighted by Crippen LogP contribution is -2.12. The molecule has 20 heavy (non-hydrogen) atoms. The van der Waals surface area contributed by atoms with E-state index < -0.39 is 9.84 Å². The summed E-state index contributed by atoms with van der Waals surface area (Å²) in [6.07, 6.45) is 4.81. The molecule has 0 bridgehead atoms. The van der Waals surface area contributed by atoms with Gasteiger partial charge in [0.15, 0.2) is 9.84 Å². The number of nitrogens with zero attached hydrogens (tertiary/aromatic N) is 1. The predicted octanol–water partition coefficient (Wildman–Crippen LogP) is 2.25. The van der Waals surface area contributed by atoms with Crippen molar-refractivity contribution in [3.05, 3.63) is 42.5 Å². The lowest BCUT2D eigenvalue weighted by Gasteiger charge is -2.11. The third kappa shape index (κ3) is 3.60. The summed E-state index contributed by atoms with van der Waals surface area (Å²) in [4.78, 5) is 7.53. The Morgan fingerprint density at radius 3 is 2.80 bits per heavy atom. The van der Waals surface area contributed by atoms with Crippen LogP contribution in [-0.2, 0) is 16.3 Å². The summed E-state index contributed by atoms with van der Waals surface area (Å²) in [7, 11) is -3.21. The highest BCUT2D eigenvalue weighted by atomic mass is 32.2. The van der Waals surface area contributed by atoms with Crippen molar-refractivity contribution in [1.29, 1.82) is 0 Å². The van der Waals surface area contributed by atoms with Crippen molar-refractivity contribution >= 4 is 15.5 Å². The van der Waals surface area contributed by atoms with Crippen LogP contribution < -0.4 is 5.32 Å². The third-order valence-electron chi connectivity index (χ3n) is 2.93. The number of rotatable bonds is 7. The number of hydrogen-bond acceptors (Lipinski definition) is 4. The molecule has 2 aromatic rings. The SMILES string of the molecule is CCCS(=O)(=O)c1ccccc1NCCc1ncc[nH]1. The molecular formula is C14H19N3O2S. The molecule has 0 atom stereocenters. The molecule has 0 saturated heterocycles. The van der Waals surface area contributed by atoms with E-state index in [1.165, 1.54) is 0 Å². The summed E-state index contributed by atoms with van der Waals surface area (Å²) >= 11 is 0. The molecule has 0 aliphatic heterocycles. The van der Waals surface area contributed by atoms with Gasteiger partial charge in [-0.1, -0.05) is 19.1 Å². The maximum absolute atomic E-state index is 12.2. The topological polar surface area (TPSA) is 74.8 Å². The molecule has 0 fully saturated rings. The first kappa shape index (κ1) is 14.6. The number of aromatic nitrogens is 2. The van der Waals surface area contributed by atoms with E-state index in [1.807, 2.05) is 13.0 Å². The van der Waals surface area contributed by atoms with Crippen molar-refractivity contribution < 1.29 is 8.42 Å². The first-order valence-electron chi connectivity index (χ1n) is 6.67. The van der Waals surface area contributed by atoms with Gasteiger partial charge in [0.05, 0.1) is 16.3 Å². The maximum atomic E-state index is 12.2. The van der Waals surface area contributed by atoms with Crippen LogP contribution in [-0.4, -0.2) is 30.7 Å². The van der Waals surface area contributed by atoms with Crippen molar-refractivity contribution in [2.75, 3.05) is 17.6 Å². The quantitative estimate of drug-likeness (QED) is 0.821. The van der Waals surface area contributed by atoms with E-state index >= 15 is 0 Å². The molecule has 0 saturated carbocycles. The minimum Gasteiger partial charge on any atom is -0.384 e. The van der Waals surface area contributed by atoms with Gasteiger partial charge < -0.3 is 10.3 Å². The highest BCUT2D eigenvalue weighted by Gasteiger charge is 2.16. The molecule has 0 aliphatic carbocycles. The van der Waals surface area contributed by atoms with Crippen LogP contribution in [0.5, 0.6) is 0 Å². The smallest absolute Gasteiger partial charge is 0.180 e. The van der Waals surface area contributed by atoms with E-state index in [2.05, 4.69) is 15.3 Å². The van der Waals surface area contributed by atoms with Gasteiger partial charge in [-0.25, -0.2) is 13.4 Å². The minimum absolute atomic E-state index is 0.171. The van der Waals surface area contributed by atoms with Crippen molar-refractivity contribution in [2.45, 2.75) is 24.7 Å². The summed E-state index contributed by atoms with van der Waals surface area (Å²) < 4.78 is 24.4.